The predicted molar refractivity (Wildman–Crippen MR) is 88.1 cm³/mol. The SMILES string of the molecule is O=C(O)CN1CN(Cc2cc(F)c(F)cc2F)S(=O)(=O)c2cc(Cl)cnc21. The second kappa shape index (κ2) is 6.98. The molecular formula is C15H11ClF3N3O4S. The van der Waals surface area contributed by atoms with Crippen LogP contribution in [0.1, 0.15) is 5.56 Å². The van der Waals surface area contributed by atoms with E-state index in [1.165, 1.54) is 0 Å². The maximum atomic E-state index is 13.9. The number of sulfonamides is 1. The van der Waals surface area contributed by atoms with Crippen LogP contribution >= 0.6 is 11.6 Å². The van der Waals surface area contributed by atoms with E-state index >= 15 is 0 Å². The minimum Gasteiger partial charge on any atom is -0.480 e. The maximum absolute atomic E-state index is 13.9. The number of rotatable bonds is 4. The summed E-state index contributed by atoms with van der Waals surface area (Å²) in [6.07, 6.45) is 1.16. The van der Waals surface area contributed by atoms with E-state index in [0.29, 0.717) is 12.1 Å². The molecule has 1 aliphatic heterocycles. The number of benzene rings is 1. The van der Waals surface area contributed by atoms with Gasteiger partial charge in [0.15, 0.2) is 11.6 Å². The lowest BCUT2D eigenvalue weighted by molar-refractivity contribution is -0.135. The van der Waals surface area contributed by atoms with E-state index in [-0.39, 0.29) is 15.7 Å². The topological polar surface area (TPSA) is 90.8 Å². The second-order valence-corrected chi connectivity index (χ2v) is 8.02. The van der Waals surface area contributed by atoms with Crippen LogP contribution in [0.25, 0.3) is 0 Å². The Bertz CT molecular complexity index is 1040. The third-order valence-electron chi connectivity index (χ3n) is 3.81. The zero-order chi connectivity index (χ0) is 19.9. The Kier molecular flexibility index (Phi) is 5.02. The minimum absolute atomic E-state index is 0.00606. The average molecular weight is 422 g/mol. The Hall–Kier alpha value is -2.37. The molecule has 0 spiro atoms. The van der Waals surface area contributed by atoms with Gasteiger partial charge in [0.05, 0.1) is 11.7 Å². The first-order chi connectivity index (χ1) is 12.6. The van der Waals surface area contributed by atoms with Crippen molar-refractivity contribution >= 4 is 33.4 Å². The molecule has 1 aromatic heterocycles. The summed E-state index contributed by atoms with van der Waals surface area (Å²) in [7, 11) is -4.24. The van der Waals surface area contributed by atoms with Crippen LogP contribution in [0.2, 0.25) is 5.02 Å². The number of anilines is 1. The molecule has 0 atom stereocenters. The molecule has 2 heterocycles. The van der Waals surface area contributed by atoms with Gasteiger partial charge in [-0.25, -0.2) is 26.6 Å². The Morgan fingerprint density at radius 2 is 1.85 bits per heavy atom. The first-order valence-electron chi connectivity index (χ1n) is 7.35. The molecule has 12 heteroatoms. The van der Waals surface area contributed by atoms with E-state index in [9.17, 15) is 26.4 Å². The number of pyridine rings is 1. The van der Waals surface area contributed by atoms with Crippen molar-refractivity contribution < 1.29 is 31.5 Å². The number of aliphatic carboxylic acids is 1. The maximum Gasteiger partial charge on any atom is 0.323 e. The van der Waals surface area contributed by atoms with Crippen LogP contribution in [0.4, 0.5) is 19.0 Å². The summed E-state index contributed by atoms with van der Waals surface area (Å²) in [4.78, 5) is 15.7. The molecule has 7 nitrogen and oxygen atoms in total. The largest absolute Gasteiger partial charge is 0.480 e. The van der Waals surface area contributed by atoms with Crippen LogP contribution in [0.3, 0.4) is 0 Å². The first-order valence-corrected chi connectivity index (χ1v) is 9.17. The Morgan fingerprint density at radius 3 is 2.52 bits per heavy atom. The van der Waals surface area contributed by atoms with E-state index in [2.05, 4.69) is 4.98 Å². The summed E-state index contributed by atoms with van der Waals surface area (Å²) < 4.78 is 66.8. The van der Waals surface area contributed by atoms with Gasteiger partial charge >= 0.3 is 5.97 Å². The van der Waals surface area contributed by atoms with E-state index in [1.54, 1.807) is 0 Å². The molecule has 0 fully saturated rings. The number of halogens is 4. The standard InChI is InChI=1S/C15H11ClF3N3O4S/c16-9-2-13-15(20-4-9)21(6-14(23)24)7-22(27(13,25)26)5-8-1-11(18)12(19)3-10(8)17/h1-4H,5-7H2,(H,23,24). The number of hydrogen-bond acceptors (Lipinski definition) is 5. The van der Waals surface area contributed by atoms with Gasteiger partial charge in [-0.05, 0) is 12.1 Å². The van der Waals surface area contributed by atoms with Crippen molar-refractivity contribution in [2.24, 2.45) is 0 Å². The molecule has 0 saturated carbocycles. The normalized spacial score (nSPS) is 16.2. The minimum atomic E-state index is -4.24. The lowest BCUT2D eigenvalue weighted by Gasteiger charge is -2.35. The van der Waals surface area contributed by atoms with Crippen molar-refractivity contribution in [1.29, 1.82) is 0 Å². The van der Waals surface area contributed by atoms with Crippen LogP contribution in [0.5, 0.6) is 0 Å². The van der Waals surface area contributed by atoms with Crippen LogP contribution in [-0.2, 0) is 21.4 Å². The highest BCUT2D eigenvalue weighted by molar-refractivity contribution is 7.89. The number of nitrogens with zero attached hydrogens (tertiary/aromatic N) is 3. The van der Waals surface area contributed by atoms with Gasteiger partial charge in [0.1, 0.15) is 23.1 Å². The molecule has 1 aliphatic rings. The number of fused-ring (bicyclic) bond motifs is 1. The molecule has 0 saturated heterocycles. The van der Waals surface area contributed by atoms with Gasteiger partial charge < -0.3 is 10.0 Å². The molecule has 1 N–H and O–H groups in total. The zero-order valence-electron chi connectivity index (χ0n) is 13.4. The highest BCUT2D eigenvalue weighted by Gasteiger charge is 2.38. The predicted octanol–water partition coefficient (Wildman–Crippen LogP) is 2.21. The van der Waals surface area contributed by atoms with Crippen molar-refractivity contribution in [2.45, 2.75) is 11.4 Å². The van der Waals surface area contributed by atoms with Crippen LogP contribution in [0.15, 0.2) is 29.3 Å². The number of carboxylic acids is 1. The van der Waals surface area contributed by atoms with Gasteiger partial charge in [0, 0.05) is 24.4 Å². The average Bonchev–Trinajstić information content (AvgIpc) is 2.56. The van der Waals surface area contributed by atoms with Gasteiger partial charge in [-0.15, -0.1) is 0 Å². The lowest BCUT2D eigenvalue weighted by Crippen LogP contribution is -2.48. The lowest BCUT2D eigenvalue weighted by atomic mass is 10.2. The quantitative estimate of drug-likeness (QED) is 0.761. The number of carboxylic acid groups (broad SMARTS) is 1. The molecule has 0 bridgehead atoms. The summed E-state index contributed by atoms with van der Waals surface area (Å²) in [6.45, 7) is -1.71. The molecule has 27 heavy (non-hydrogen) atoms. The molecule has 0 aliphatic carbocycles. The fourth-order valence-corrected chi connectivity index (χ4v) is 4.40. The molecule has 0 unspecified atom stereocenters. The van der Waals surface area contributed by atoms with Gasteiger partial charge in [0.2, 0.25) is 10.0 Å². The fraction of sp³-hybridized carbons (Fsp3) is 0.200. The monoisotopic (exact) mass is 421 g/mol. The van der Waals surface area contributed by atoms with Gasteiger partial charge in [-0.3, -0.25) is 4.79 Å². The van der Waals surface area contributed by atoms with E-state index in [4.69, 9.17) is 16.7 Å². The van der Waals surface area contributed by atoms with Gasteiger partial charge in [0.25, 0.3) is 0 Å². The smallest absolute Gasteiger partial charge is 0.323 e. The number of hydrogen-bond donors (Lipinski definition) is 1. The molecule has 2 aromatic rings. The van der Waals surface area contributed by atoms with Crippen molar-refractivity contribution in [1.82, 2.24) is 9.29 Å². The molecule has 0 radical (unpaired) electrons. The van der Waals surface area contributed by atoms with E-state index in [1.807, 2.05) is 0 Å². The second-order valence-electron chi connectivity index (χ2n) is 5.68. The van der Waals surface area contributed by atoms with Crippen LogP contribution in [-0.4, -0.2) is 42.0 Å². The van der Waals surface area contributed by atoms with Crippen molar-refractivity contribution in [3.8, 4) is 0 Å². The molecule has 1 aromatic carbocycles. The summed E-state index contributed by atoms with van der Waals surface area (Å²) in [5, 5.41) is 9.04. The third kappa shape index (κ3) is 3.70. The summed E-state index contributed by atoms with van der Waals surface area (Å²) in [6, 6.07) is 1.94. The van der Waals surface area contributed by atoms with Gasteiger partial charge in [-0.1, -0.05) is 11.6 Å². The highest BCUT2D eigenvalue weighted by Crippen LogP contribution is 2.34. The molecule has 3 rings (SSSR count). The first kappa shape index (κ1) is 19.4. The van der Waals surface area contributed by atoms with E-state index < -0.39 is 58.8 Å². The zero-order valence-corrected chi connectivity index (χ0v) is 14.9. The van der Waals surface area contributed by atoms with Crippen LogP contribution in [0, 0.1) is 17.5 Å². The van der Waals surface area contributed by atoms with Crippen molar-refractivity contribution in [3.05, 3.63) is 52.4 Å². The Morgan fingerprint density at radius 1 is 1.19 bits per heavy atom. The summed E-state index contributed by atoms with van der Waals surface area (Å²) >= 11 is 5.80. The highest BCUT2D eigenvalue weighted by atomic mass is 35.5. The van der Waals surface area contributed by atoms with Crippen LogP contribution < -0.4 is 4.90 Å². The van der Waals surface area contributed by atoms with Gasteiger partial charge in [-0.2, -0.15) is 4.31 Å². The van der Waals surface area contributed by atoms with E-state index in [0.717, 1.165) is 21.5 Å². The third-order valence-corrected chi connectivity index (χ3v) is 5.79. The van der Waals surface area contributed by atoms with Crippen molar-refractivity contribution in [3.63, 3.8) is 0 Å². The Labute approximate surface area is 156 Å². The van der Waals surface area contributed by atoms with Crippen molar-refractivity contribution in [2.75, 3.05) is 18.1 Å². The molecule has 144 valence electrons. The summed E-state index contributed by atoms with van der Waals surface area (Å²) in [5.74, 6) is -5.26. The Balaban J connectivity index is 2.06. The summed E-state index contributed by atoms with van der Waals surface area (Å²) in [5.41, 5.74) is -0.411. The molecular weight excluding hydrogens is 411 g/mol. The number of aromatic nitrogens is 1. The molecule has 0 amide bonds. The fourth-order valence-electron chi connectivity index (χ4n) is 2.61. The number of carbonyl (C=O) groups is 1.